The summed E-state index contributed by atoms with van der Waals surface area (Å²) in [6.45, 7) is 1.43. The van der Waals surface area contributed by atoms with E-state index >= 15 is 0 Å². The van der Waals surface area contributed by atoms with Crippen LogP contribution in [0.5, 0.6) is 0 Å². The molecule has 0 aromatic heterocycles. The van der Waals surface area contributed by atoms with Gasteiger partial charge in [0.15, 0.2) is 0 Å². The molecule has 1 aliphatic rings. The van der Waals surface area contributed by atoms with Gasteiger partial charge >= 0.3 is 0 Å². The molecule has 0 unspecified atom stereocenters. The Morgan fingerprint density at radius 1 is 1.19 bits per heavy atom. The van der Waals surface area contributed by atoms with Gasteiger partial charge in [0.05, 0.1) is 0 Å². The highest BCUT2D eigenvalue weighted by Crippen LogP contribution is 2.30. The summed E-state index contributed by atoms with van der Waals surface area (Å²) in [6.07, 6.45) is 2.89. The number of nitrogens with zero attached hydrogens (tertiary/aromatic N) is 1. The number of halogens is 2. The van der Waals surface area contributed by atoms with Gasteiger partial charge in [0.2, 0.25) is 17.7 Å². The largest absolute Gasteiger partial charge is 0.350 e. The van der Waals surface area contributed by atoms with Crippen LogP contribution in [0, 0.1) is 11.7 Å². The zero-order chi connectivity index (χ0) is 22.5. The van der Waals surface area contributed by atoms with Crippen LogP contribution in [-0.4, -0.2) is 29.7 Å². The van der Waals surface area contributed by atoms with E-state index < -0.39 is 23.7 Å². The fraction of sp³-hybridized carbons (Fsp3) is 0.348. The SMILES string of the molecule is CC(=O)N(C)[C@H](C(=O)NCc1cccc(NC(=O)C2CCC2)c1)c1c(F)cccc1Cl. The molecular weight excluding hydrogens is 421 g/mol. The third-order valence-corrected chi connectivity index (χ3v) is 5.87. The second-order valence-electron chi connectivity index (χ2n) is 7.70. The normalized spacial score (nSPS) is 14.3. The molecule has 0 spiro atoms. The lowest BCUT2D eigenvalue weighted by Crippen LogP contribution is -2.41. The topological polar surface area (TPSA) is 78.5 Å². The fourth-order valence-electron chi connectivity index (χ4n) is 3.41. The van der Waals surface area contributed by atoms with E-state index in [-0.39, 0.29) is 29.0 Å². The average Bonchev–Trinajstić information content (AvgIpc) is 2.67. The summed E-state index contributed by atoms with van der Waals surface area (Å²) in [7, 11) is 1.42. The molecule has 0 aliphatic heterocycles. The maximum absolute atomic E-state index is 14.5. The first kappa shape index (κ1) is 22.7. The van der Waals surface area contributed by atoms with Gasteiger partial charge in [0, 0.05) is 42.7 Å². The molecule has 31 heavy (non-hydrogen) atoms. The van der Waals surface area contributed by atoms with Crippen molar-refractivity contribution in [1.82, 2.24) is 10.2 Å². The highest BCUT2D eigenvalue weighted by atomic mass is 35.5. The van der Waals surface area contributed by atoms with Crippen LogP contribution in [0.4, 0.5) is 10.1 Å². The molecule has 3 rings (SSSR count). The summed E-state index contributed by atoms with van der Waals surface area (Å²) in [5.41, 5.74) is 1.35. The predicted molar refractivity (Wildman–Crippen MR) is 117 cm³/mol. The Hall–Kier alpha value is -2.93. The van der Waals surface area contributed by atoms with Crippen molar-refractivity contribution in [2.24, 2.45) is 5.92 Å². The molecule has 2 aromatic rings. The van der Waals surface area contributed by atoms with Crippen LogP contribution in [0.3, 0.4) is 0 Å². The van der Waals surface area contributed by atoms with Gasteiger partial charge in [-0.25, -0.2) is 4.39 Å². The van der Waals surface area contributed by atoms with Gasteiger partial charge in [-0.05, 0) is 42.7 Å². The monoisotopic (exact) mass is 445 g/mol. The summed E-state index contributed by atoms with van der Waals surface area (Å²) in [6, 6.07) is 10.0. The van der Waals surface area contributed by atoms with E-state index in [0.29, 0.717) is 5.69 Å². The number of anilines is 1. The number of benzene rings is 2. The first-order valence-corrected chi connectivity index (χ1v) is 10.5. The number of carbonyl (C=O) groups excluding carboxylic acids is 3. The maximum Gasteiger partial charge on any atom is 0.247 e. The first-order valence-electron chi connectivity index (χ1n) is 10.1. The Balaban J connectivity index is 1.73. The van der Waals surface area contributed by atoms with Crippen molar-refractivity contribution < 1.29 is 18.8 Å². The number of carbonyl (C=O) groups is 3. The Bertz CT molecular complexity index is 974. The number of rotatable bonds is 7. The molecule has 8 heteroatoms. The average molecular weight is 446 g/mol. The maximum atomic E-state index is 14.5. The molecule has 164 valence electrons. The van der Waals surface area contributed by atoms with Crippen LogP contribution in [0.2, 0.25) is 5.02 Å². The lowest BCUT2D eigenvalue weighted by Gasteiger charge is -2.27. The van der Waals surface area contributed by atoms with Gasteiger partial charge in [-0.2, -0.15) is 0 Å². The number of hydrogen-bond acceptors (Lipinski definition) is 3. The van der Waals surface area contributed by atoms with Crippen LogP contribution in [0.25, 0.3) is 0 Å². The quantitative estimate of drug-likeness (QED) is 0.674. The van der Waals surface area contributed by atoms with Gasteiger partial charge in [0.1, 0.15) is 11.9 Å². The summed E-state index contributed by atoms with van der Waals surface area (Å²) in [5, 5.41) is 5.70. The van der Waals surface area contributed by atoms with Crippen molar-refractivity contribution >= 4 is 35.0 Å². The third kappa shape index (κ3) is 5.41. The van der Waals surface area contributed by atoms with Crippen LogP contribution < -0.4 is 10.6 Å². The molecule has 2 N–H and O–H groups in total. The van der Waals surface area contributed by atoms with Crippen molar-refractivity contribution in [1.29, 1.82) is 0 Å². The summed E-state index contributed by atoms with van der Waals surface area (Å²) < 4.78 is 14.5. The lowest BCUT2D eigenvalue weighted by molar-refractivity contribution is -0.137. The molecule has 3 amide bonds. The van der Waals surface area contributed by atoms with Crippen molar-refractivity contribution in [2.75, 3.05) is 12.4 Å². The highest BCUT2D eigenvalue weighted by molar-refractivity contribution is 6.31. The molecule has 1 atom stereocenters. The molecule has 0 radical (unpaired) electrons. The number of hydrogen-bond donors (Lipinski definition) is 2. The zero-order valence-electron chi connectivity index (χ0n) is 17.5. The van der Waals surface area contributed by atoms with Gasteiger partial charge in [-0.1, -0.05) is 36.2 Å². The zero-order valence-corrected chi connectivity index (χ0v) is 18.2. The summed E-state index contributed by atoms with van der Waals surface area (Å²) >= 11 is 6.15. The first-order chi connectivity index (χ1) is 14.8. The van der Waals surface area contributed by atoms with Crippen molar-refractivity contribution in [3.8, 4) is 0 Å². The molecule has 0 heterocycles. The van der Waals surface area contributed by atoms with Gasteiger partial charge in [-0.15, -0.1) is 0 Å². The second kappa shape index (κ2) is 9.92. The van der Waals surface area contributed by atoms with Crippen LogP contribution in [0.15, 0.2) is 42.5 Å². The predicted octanol–water partition coefficient (Wildman–Crippen LogP) is 4.05. The van der Waals surface area contributed by atoms with Crippen molar-refractivity contribution in [3.63, 3.8) is 0 Å². The minimum Gasteiger partial charge on any atom is -0.350 e. The molecule has 0 saturated heterocycles. The Morgan fingerprint density at radius 2 is 1.90 bits per heavy atom. The minimum absolute atomic E-state index is 0.00442. The van der Waals surface area contributed by atoms with E-state index in [4.69, 9.17) is 11.6 Å². The Labute approximate surface area is 185 Å². The smallest absolute Gasteiger partial charge is 0.247 e. The lowest BCUT2D eigenvalue weighted by atomic mass is 9.85. The number of likely N-dealkylation sites (N-methyl/N-ethyl adjacent to an activating group) is 1. The molecular formula is C23H25ClFN3O3. The van der Waals surface area contributed by atoms with Gasteiger partial charge in [0.25, 0.3) is 0 Å². The van der Waals surface area contributed by atoms with E-state index in [2.05, 4.69) is 10.6 Å². The number of amides is 3. The number of nitrogens with one attached hydrogen (secondary N) is 2. The standard InChI is InChI=1S/C23H25ClFN3O3/c1-14(29)28(2)21(20-18(24)10-5-11-19(20)25)23(31)26-13-15-6-3-9-17(12-15)27-22(30)16-7-4-8-16/h3,5-6,9-12,16,21H,4,7-8,13H2,1-2H3,(H,26,31)(H,27,30)/t21-/m0/s1. The van der Waals surface area contributed by atoms with E-state index in [1.807, 2.05) is 0 Å². The Morgan fingerprint density at radius 3 is 2.52 bits per heavy atom. The summed E-state index contributed by atoms with van der Waals surface area (Å²) in [4.78, 5) is 38.2. The second-order valence-corrected chi connectivity index (χ2v) is 8.11. The van der Waals surface area contributed by atoms with Crippen molar-refractivity contribution in [2.45, 2.75) is 38.8 Å². The van der Waals surface area contributed by atoms with Crippen LogP contribution >= 0.6 is 11.6 Å². The Kier molecular flexibility index (Phi) is 7.28. The van der Waals surface area contributed by atoms with Gasteiger partial charge in [-0.3, -0.25) is 14.4 Å². The van der Waals surface area contributed by atoms with E-state index in [1.54, 1.807) is 24.3 Å². The molecule has 1 aliphatic carbocycles. The molecule has 1 fully saturated rings. The third-order valence-electron chi connectivity index (χ3n) is 5.54. The fourth-order valence-corrected chi connectivity index (χ4v) is 3.68. The molecule has 2 aromatic carbocycles. The summed E-state index contributed by atoms with van der Waals surface area (Å²) in [5.74, 6) is -1.56. The van der Waals surface area contributed by atoms with E-state index in [1.165, 1.54) is 32.2 Å². The van der Waals surface area contributed by atoms with Crippen LogP contribution in [-0.2, 0) is 20.9 Å². The van der Waals surface area contributed by atoms with E-state index in [9.17, 15) is 18.8 Å². The molecule has 1 saturated carbocycles. The van der Waals surface area contributed by atoms with Crippen molar-refractivity contribution in [3.05, 3.63) is 64.4 Å². The van der Waals surface area contributed by atoms with Crippen LogP contribution in [0.1, 0.15) is 43.4 Å². The van der Waals surface area contributed by atoms with Gasteiger partial charge < -0.3 is 15.5 Å². The molecule has 6 nitrogen and oxygen atoms in total. The van der Waals surface area contributed by atoms with E-state index in [0.717, 1.165) is 29.7 Å². The highest BCUT2D eigenvalue weighted by Gasteiger charge is 2.31. The molecule has 0 bridgehead atoms. The minimum atomic E-state index is -1.22.